The van der Waals surface area contributed by atoms with Gasteiger partial charge in [0.05, 0.1) is 4.47 Å². The summed E-state index contributed by atoms with van der Waals surface area (Å²) in [6.07, 6.45) is 0.696. The Labute approximate surface area is 121 Å². The van der Waals surface area contributed by atoms with Crippen LogP contribution in [0.3, 0.4) is 0 Å². The topological polar surface area (TPSA) is 26.0 Å². The number of rotatable bonds is 3. The Morgan fingerprint density at radius 2 is 1.74 bits per heavy atom. The van der Waals surface area contributed by atoms with Crippen LogP contribution in [0.5, 0.6) is 0 Å². The fourth-order valence-electron chi connectivity index (χ4n) is 2.26. The SMILES string of the molecule is Cc1cc(C)cc(C(N)Cc2ccc(F)c(Br)c2)c1. The van der Waals surface area contributed by atoms with Gasteiger partial charge in [0.25, 0.3) is 0 Å². The summed E-state index contributed by atoms with van der Waals surface area (Å²) in [5, 5.41) is 0. The molecule has 2 N–H and O–H groups in total. The van der Waals surface area contributed by atoms with E-state index in [2.05, 4.69) is 48.0 Å². The van der Waals surface area contributed by atoms with Crippen LogP contribution in [0.2, 0.25) is 0 Å². The lowest BCUT2D eigenvalue weighted by molar-refractivity contribution is 0.618. The molecule has 3 heteroatoms. The third kappa shape index (κ3) is 3.64. The lowest BCUT2D eigenvalue weighted by Crippen LogP contribution is -2.13. The molecule has 0 aromatic heterocycles. The van der Waals surface area contributed by atoms with Crippen molar-refractivity contribution in [3.05, 3.63) is 68.9 Å². The van der Waals surface area contributed by atoms with Gasteiger partial charge < -0.3 is 5.73 Å². The third-order valence-electron chi connectivity index (χ3n) is 3.11. The summed E-state index contributed by atoms with van der Waals surface area (Å²) in [5.74, 6) is -0.247. The van der Waals surface area contributed by atoms with Crippen LogP contribution in [0, 0.1) is 19.7 Å². The van der Waals surface area contributed by atoms with Crippen LogP contribution in [0.4, 0.5) is 4.39 Å². The molecule has 0 fully saturated rings. The first kappa shape index (κ1) is 14.2. The number of halogens is 2. The summed E-state index contributed by atoms with van der Waals surface area (Å²) >= 11 is 3.20. The monoisotopic (exact) mass is 321 g/mol. The van der Waals surface area contributed by atoms with Gasteiger partial charge in [-0.25, -0.2) is 4.39 Å². The molecule has 0 aliphatic heterocycles. The zero-order chi connectivity index (χ0) is 14.0. The van der Waals surface area contributed by atoms with Crippen molar-refractivity contribution in [2.45, 2.75) is 26.3 Å². The summed E-state index contributed by atoms with van der Waals surface area (Å²) in [4.78, 5) is 0. The van der Waals surface area contributed by atoms with Crippen LogP contribution < -0.4 is 5.73 Å². The highest BCUT2D eigenvalue weighted by Crippen LogP contribution is 2.22. The average Bonchev–Trinajstić information content (AvgIpc) is 2.32. The molecule has 2 rings (SSSR count). The van der Waals surface area contributed by atoms with Gasteiger partial charge in [0.15, 0.2) is 0 Å². The Bertz CT molecular complexity index is 575. The summed E-state index contributed by atoms with van der Waals surface area (Å²) in [6, 6.07) is 11.3. The predicted octanol–water partition coefficient (Wildman–Crippen LogP) is 4.45. The fraction of sp³-hybridized carbons (Fsp3) is 0.250. The molecule has 0 spiro atoms. The van der Waals surface area contributed by atoms with Crippen molar-refractivity contribution in [2.75, 3.05) is 0 Å². The number of hydrogen-bond acceptors (Lipinski definition) is 1. The highest BCUT2D eigenvalue weighted by atomic mass is 79.9. The molecule has 1 nitrogen and oxygen atoms in total. The van der Waals surface area contributed by atoms with Gasteiger partial charge in [0.1, 0.15) is 5.82 Å². The molecule has 0 aliphatic carbocycles. The van der Waals surface area contributed by atoms with Crippen molar-refractivity contribution in [1.82, 2.24) is 0 Å². The predicted molar refractivity (Wildman–Crippen MR) is 80.6 cm³/mol. The molecule has 0 saturated carbocycles. The molecule has 100 valence electrons. The summed E-state index contributed by atoms with van der Waals surface area (Å²) in [5.41, 5.74) is 10.8. The van der Waals surface area contributed by atoms with Gasteiger partial charge in [0, 0.05) is 6.04 Å². The molecule has 0 radical (unpaired) electrons. The van der Waals surface area contributed by atoms with Gasteiger partial charge in [0.2, 0.25) is 0 Å². The smallest absolute Gasteiger partial charge is 0.137 e. The third-order valence-corrected chi connectivity index (χ3v) is 3.72. The normalized spacial score (nSPS) is 12.5. The van der Waals surface area contributed by atoms with E-state index in [9.17, 15) is 4.39 Å². The Kier molecular flexibility index (Phi) is 4.38. The van der Waals surface area contributed by atoms with Gasteiger partial charge in [-0.3, -0.25) is 0 Å². The quantitative estimate of drug-likeness (QED) is 0.888. The number of aryl methyl sites for hydroxylation is 2. The maximum atomic E-state index is 13.2. The van der Waals surface area contributed by atoms with Crippen LogP contribution in [0.1, 0.15) is 28.3 Å². The maximum absolute atomic E-state index is 13.2. The lowest BCUT2D eigenvalue weighted by Gasteiger charge is -2.14. The zero-order valence-corrected chi connectivity index (χ0v) is 12.7. The van der Waals surface area contributed by atoms with Gasteiger partial charge in [-0.05, 0) is 59.5 Å². The minimum Gasteiger partial charge on any atom is -0.324 e. The summed E-state index contributed by atoms with van der Waals surface area (Å²) < 4.78 is 13.7. The second kappa shape index (κ2) is 5.85. The van der Waals surface area contributed by atoms with Gasteiger partial charge in [-0.15, -0.1) is 0 Å². The lowest BCUT2D eigenvalue weighted by atomic mass is 9.97. The van der Waals surface area contributed by atoms with Crippen molar-refractivity contribution >= 4 is 15.9 Å². The van der Waals surface area contributed by atoms with Crippen molar-refractivity contribution in [2.24, 2.45) is 5.73 Å². The van der Waals surface area contributed by atoms with E-state index in [4.69, 9.17) is 5.73 Å². The molecule has 0 aliphatic rings. The van der Waals surface area contributed by atoms with Crippen molar-refractivity contribution in [3.8, 4) is 0 Å². The molecular weight excluding hydrogens is 305 g/mol. The first-order valence-corrected chi connectivity index (χ1v) is 7.02. The first-order chi connectivity index (χ1) is 8.95. The number of hydrogen-bond donors (Lipinski definition) is 1. The van der Waals surface area contributed by atoms with Crippen LogP contribution in [0.15, 0.2) is 40.9 Å². The molecule has 2 aromatic rings. The minimum absolute atomic E-state index is 0.0732. The summed E-state index contributed by atoms with van der Waals surface area (Å²) in [6.45, 7) is 4.13. The van der Waals surface area contributed by atoms with E-state index in [-0.39, 0.29) is 11.9 Å². The minimum atomic E-state index is -0.247. The number of nitrogens with two attached hydrogens (primary N) is 1. The Morgan fingerprint density at radius 1 is 1.11 bits per heavy atom. The van der Waals surface area contributed by atoms with Crippen LogP contribution in [-0.4, -0.2) is 0 Å². The molecule has 1 unspecified atom stereocenters. The second-order valence-electron chi connectivity index (χ2n) is 4.98. The van der Waals surface area contributed by atoms with E-state index in [0.717, 1.165) is 11.1 Å². The van der Waals surface area contributed by atoms with E-state index in [1.807, 2.05) is 0 Å². The van der Waals surface area contributed by atoms with E-state index >= 15 is 0 Å². The molecule has 0 saturated heterocycles. The average molecular weight is 322 g/mol. The van der Waals surface area contributed by atoms with E-state index in [0.29, 0.717) is 10.9 Å². The van der Waals surface area contributed by atoms with Gasteiger partial charge in [-0.1, -0.05) is 35.4 Å². The largest absolute Gasteiger partial charge is 0.324 e. The Morgan fingerprint density at radius 3 is 2.32 bits per heavy atom. The Hall–Kier alpha value is -1.19. The Balaban J connectivity index is 2.20. The van der Waals surface area contributed by atoms with Crippen molar-refractivity contribution in [1.29, 1.82) is 0 Å². The highest BCUT2D eigenvalue weighted by molar-refractivity contribution is 9.10. The van der Waals surface area contributed by atoms with E-state index in [1.54, 1.807) is 12.1 Å². The van der Waals surface area contributed by atoms with Crippen LogP contribution in [0.25, 0.3) is 0 Å². The van der Waals surface area contributed by atoms with Gasteiger partial charge >= 0.3 is 0 Å². The van der Waals surface area contributed by atoms with Crippen LogP contribution >= 0.6 is 15.9 Å². The van der Waals surface area contributed by atoms with E-state index in [1.165, 1.54) is 17.2 Å². The molecule has 2 aromatic carbocycles. The summed E-state index contributed by atoms with van der Waals surface area (Å²) in [7, 11) is 0. The molecule has 19 heavy (non-hydrogen) atoms. The first-order valence-electron chi connectivity index (χ1n) is 6.23. The maximum Gasteiger partial charge on any atom is 0.137 e. The number of benzene rings is 2. The molecule has 0 heterocycles. The standard InChI is InChI=1S/C16H17BrFN/c1-10-5-11(2)7-13(6-10)16(19)9-12-3-4-15(18)14(17)8-12/h3-8,16H,9,19H2,1-2H3. The molecule has 0 amide bonds. The van der Waals surface area contributed by atoms with Gasteiger partial charge in [-0.2, -0.15) is 0 Å². The van der Waals surface area contributed by atoms with Crippen molar-refractivity contribution in [3.63, 3.8) is 0 Å². The zero-order valence-electron chi connectivity index (χ0n) is 11.1. The molecule has 0 bridgehead atoms. The molecular formula is C16H17BrFN. The van der Waals surface area contributed by atoms with Crippen molar-refractivity contribution < 1.29 is 4.39 Å². The van der Waals surface area contributed by atoms with Crippen LogP contribution in [-0.2, 0) is 6.42 Å². The highest BCUT2D eigenvalue weighted by Gasteiger charge is 2.09. The molecule has 1 atom stereocenters. The fourth-order valence-corrected chi connectivity index (χ4v) is 2.69. The second-order valence-corrected chi connectivity index (χ2v) is 5.83. The van der Waals surface area contributed by atoms with E-state index < -0.39 is 0 Å².